The highest BCUT2D eigenvalue weighted by Crippen LogP contribution is 2.38. The SMILES string of the molecule is CC(NC(=O)CN1C(=O)NC2(CCCCC2C)C1=O)c1cc(F)ccc1F. The summed E-state index contributed by atoms with van der Waals surface area (Å²) in [4.78, 5) is 38.4. The normalized spacial score (nSPS) is 26.2. The third kappa shape index (κ3) is 3.52. The van der Waals surface area contributed by atoms with Gasteiger partial charge in [0.2, 0.25) is 5.91 Å². The molecule has 0 aromatic heterocycles. The number of amides is 4. The van der Waals surface area contributed by atoms with Gasteiger partial charge in [0, 0.05) is 5.56 Å². The predicted molar refractivity (Wildman–Crippen MR) is 93.5 cm³/mol. The number of imide groups is 1. The number of nitrogens with one attached hydrogen (secondary N) is 2. The van der Waals surface area contributed by atoms with Crippen LogP contribution in [-0.4, -0.2) is 34.8 Å². The summed E-state index contributed by atoms with van der Waals surface area (Å²) in [5.74, 6) is -2.27. The second kappa shape index (κ2) is 7.25. The Morgan fingerprint density at radius 3 is 2.81 bits per heavy atom. The first-order valence-electron chi connectivity index (χ1n) is 9.13. The molecule has 1 heterocycles. The van der Waals surface area contributed by atoms with E-state index in [1.165, 1.54) is 6.92 Å². The van der Waals surface area contributed by atoms with E-state index in [9.17, 15) is 23.2 Å². The summed E-state index contributed by atoms with van der Waals surface area (Å²) >= 11 is 0. The zero-order chi connectivity index (χ0) is 19.8. The summed E-state index contributed by atoms with van der Waals surface area (Å²) in [6.45, 7) is 2.97. The van der Waals surface area contributed by atoms with Crippen LogP contribution in [0, 0.1) is 17.6 Å². The lowest BCUT2D eigenvalue weighted by Crippen LogP contribution is -2.54. The van der Waals surface area contributed by atoms with E-state index in [1.54, 1.807) is 0 Å². The molecule has 4 amide bonds. The first-order valence-corrected chi connectivity index (χ1v) is 9.13. The maximum absolute atomic E-state index is 13.8. The molecule has 1 aliphatic carbocycles. The first-order chi connectivity index (χ1) is 12.7. The lowest BCUT2D eigenvalue weighted by molar-refractivity contribution is -0.137. The zero-order valence-electron chi connectivity index (χ0n) is 15.4. The van der Waals surface area contributed by atoms with E-state index >= 15 is 0 Å². The van der Waals surface area contributed by atoms with Crippen LogP contribution in [-0.2, 0) is 9.59 Å². The van der Waals surface area contributed by atoms with Gasteiger partial charge in [0.15, 0.2) is 0 Å². The highest BCUT2D eigenvalue weighted by atomic mass is 19.1. The second-order valence-corrected chi connectivity index (χ2v) is 7.39. The number of rotatable bonds is 4. The lowest BCUT2D eigenvalue weighted by Gasteiger charge is -2.36. The number of carbonyl (C=O) groups is 3. The molecular weight excluding hydrogens is 356 g/mol. The molecule has 1 spiro atoms. The summed E-state index contributed by atoms with van der Waals surface area (Å²) in [6.07, 6.45) is 3.24. The number of carbonyl (C=O) groups excluding carboxylic acids is 3. The Labute approximate surface area is 156 Å². The van der Waals surface area contributed by atoms with Crippen LogP contribution < -0.4 is 10.6 Å². The lowest BCUT2D eigenvalue weighted by atomic mass is 9.73. The van der Waals surface area contributed by atoms with Gasteiger partial charge in [-0.15, -0.1) is 0 Å². The van der Waals surface area contributed by atoms with Gasteiger partial charge in [-0.3, -0.25) is 14.5 Å². The van der Waals surface area contributed by atoms with Gasteiger partial charge in [0.05, 0.1) is 6.04 Å². The molecule has 2 N–H and O–H groups in total. The minimum absolute atomic E-state index is 0.00192. The summed E-state index contributed by atoms with van der Waals surface area (Å²) in [6, 6.07) is 1.59. The Bertz CT molecular complexity index is 785. The van der Waals surface area contributed by atoms with Gasteiger partial charge < -0.3 is 10.6 Å². The summed E-state index contributed by atoms with van der Waals surface area (Å²) in [5.41, 5.74) is -0.937. The van der Waals surface area contributed by atoms with Crippen LogP contribution in [0.3, 0.4) is 0 Å². The van der Waals surface area contributed by atoms with Crippen molar-refractivity contribution in [3.63, 3.8) is 0 Å². The number of nitrogens with zero attached hydrogens (tertiary/aromatic N) is 1. The van der Waals surface area contributed by atoms with E-state index in [2.05, 4.69) is 10.6 Å². The molecule has 6 nitrogen and oxygen atoms in total. The zero-order valence-corrected chi connectivity index (χ0v) is 15.4. The van der Waals surface area contributed by atoms with Crippen molar-refractivity contribution in [3.05, 3.63) is 35.4 Å². The van der Waals surface area contributed by atoms with Crippen molar-refractivity contribution < 1.29 is 23.2 Å². The molecule has 2 fully saturated rings. The first kappa shape index (κ1) is 19.3. The highest BCUT2D eigenvalue weighted by Gasteiger charge is 2.55. The van der Waals surface area contributed by atoms with Crippen molar-refractivity contribution in [2.75, 3.05) is 6.54 Å². The van der Waals surface area contributed by atoms with E-state index in [4.69, 9.17) is 0 Å². The van der Waals surface area contributed by atoms with Crippen molar-refractivity contribution in [2.45, 2.75) is 51.1 Å². The van der Waals surface area contributed by atoms with Gasteiger partial charge in [-0.1, -0.05) is 19.8 Å². The number of urea groups is 1. The molecule has 0 bridgehead atoms. The Hall–Kier alpha value is -2.51. The van der Waals surface area contributed by atoms with Gasteiger partial charge in [-0.25, -0.2) is 13.6 Å². The van der Waals surface area contributed by atoms with Crippen LogP contribution in [0.15, 0.2) is 18.2 Å². The standard InChI is InChI=1S/C19H23F2N3O3/c1-11-5-3-4-8-19(11)17(26)24(18(27)23-19)10-16(25)22-12(2)14-9-13(20)6-7-15(14)21/h6-7,9,11-12H,3-5,8,10H2,1-2H3,(H,22,25)(H,23,27). The van der Waals surface area contributed by atoms with E-state index in [0.717, 1.165) is 42.4 Å². The van der Waals surface area contributed by atoms with Gasteiger partial charge in [-0.05, 0) is 43.9 Å². The predicted octanol–water partition coefficient (Wildman–Crippen LogP) is 2.64. The third-order valence-electron chi connectivity index (χ3n) is 5.61. The summed E-state index contributed by atoms with van der Waals surface area (Å²) in [5, 5.41) is 5.29. The molecule has 1 aliphatic heterocycles. The van der Waals surface area contributed by atoms with Crippen LogP contribution in [0.1, 0.15) is 51.1 Å². The van der Waals surface area contributed by atoms with Crippen LogP contribution in [0.25, 0.3) is 0 Å². The topological polar surface area (TPSA) is 78.5 Å². The van der Waals surface area contributed by atoms with Crippen LogP contribution in [0.5, 0.6) is 0 Å². The molecule has 1 aromatic rings. The molecule has 1 saturated heterocycles. The van der Waals surface area contributed by atoms with Crippen molar-refractivity contribution in [2.24, 2.45) is 5.92 Å². The monoisotopic (exact) mass is 379 g/mol. The molecule has 1 saturated carbocycles. The minimum Gasteiger partial charge on any atom is -0.348 e. The molecule has 0 radical (unpaired) electrons. The number of benzene rings is 1. The largest absolute Gasteiger partial charge is 0.348 e. The fourth-order valence-corrected chi connectivity index (χ4v) is 3.99. The summed E-state index contributed by atoms with van der Waals surface area (Å²) in [7, 11) is 0. The number of hydrogen-bond donors (Lipinski definition) is 2. The Balaban J connectivity index is 1.68. The number of halogens is 2. The molecular formula is C19H23F2N3O3. The second-order valence-electron chi connectivity index (χ2n) is 7.39. The average Bonchev–Trinajstić information content (AvgIpc) is 2.84. The summed E-state index contributed by atoms with van der Waals surface area (Å²) < 4.78 is 27.2. The van der Waals surface area contributed by atoms with Crippen molar-refractivity contribution in [1.29, 1.82) is 0 Å². The van der Waals surface area contributed by atoms with Crippen LogP contribution in [0.2, 0.25) is 0 Å². The molecule has 3 unspecified atom stereocenters. The molecule has 1 aromatic carbocycles. The number of hydrogen-bond acceptors (Lipinski definition) is 3. The van der Waals surface area contributed by atoms with Crippen molar-refractivity contribution >= 4 is 17.8 Å². The average molecular weight is 379 g/mol. The van der Waals surface area contributed by atoms with Crippen LogP contribution >= 0.6 is 0 Å². The van der Waals surface area contributed by atoms with Gasteiger partial charge >= 0.3 is 6.03 Å². The minimum atomic E-state index is -0.935. The van der Waals surface area contributed by atoms with E-state index < -0.39 is 41.7 Å². The van der Waals surface area contributed by atoms with Crippen molar-refractivity contribution in [1.82, 2.24) is 15.5 Å². The van der Waals surface area contributed by atoms with Gasteiger partial charge in [0.1, 0.15) is 23.7 Å². The Morgan fingerprint density at radius 1 is 1.37 bits per heavy atom. The smallest absolute Gasteiger partial charge is 0.325 e. The maximum atomic E-state index is 13.8. The highest BCUT2D eigenvalue weighted by molar-refractivity contribution is 6.09. The fraction of sp³-hybridized carbons (Fsp3) is 0.526. The van der Waals surface area contributed by atoms with E-state index in [1.807, 2.05) is 6.92 Å². The van der Waals surface area contributed by atoms with Crippen molar-refractivity contribution in [3.8, 4) is 0 Å². The Morgan fingerprint density at radius 2 is 2.11 bits per heavy atom. The third-order valence-corrected chi connectivity index (χ3v) is 5.61. The molecule has 146 valence electrons. The molecule has 3 rings (SSSR count). The molecule has 3 atom stereocenters. The molecule has 27 heavy (non-hydrogen) atoms. The maximum Gasteiger partial charge on any atom is 0.325 e. The molecule has 8 heteroatoms. The van der Waals surface area contributed by atoms with E-state index in [-0.39, 0.29) is 17.4 Å². The fourth-order valence-electron chi connectivity index (χ4n) is 3.99. The quantitative estimate of drug-likeness (QED) is 0.790. The molecule has 2 aliphatic rings. The Kier molecular flexibility index (Phi) is 5.17. The van der Waals surface area contributed by atoms with E-state index in [0.29, 0.717) is 6.42 Å². The van der Waals surface area contributed by atoms with Gasteiger partial charge in [0.25, 0.3) is 5.91 Å². The van der Waals surface area contributed by atoms with Crippen LogP contribution in [0.4, 0.5) is 13.6 Å². The van der Waals surface area contributed by atoms with Gasteiger partial charge in [-0.2, -0.15) is 0 Å².